The summed E-state index contributed by atoms with van der Waals surface area (Å²) in [5.41, 5.74) is 2.26. The van der Waals surface area contributed by atoms with Crippen molar-refractivity contribution < 1.29 is 8.78 Å². The van der Waals surface area contributed by atoms with Crippen LogP contribution in [0.25, 0.3) is 10.4 Å². The van der Waals surface area contributed by atoms with E-state index in [0.29, 0.717) is 10.2 Å². The smallest absolute Gasteiger partial charge is 0.159 e. The predicted molar refractivity (Wildman–Crippen MR) is 55.2 cm³/mol. The minimum Gasteiger partial charge on any atom is -0.237 e. The number of thiazole rings is 1. The molecule has 0 spiro atoms. The molecule has 1 heterocycles. The lowest BCUT2D eigenvalue weighted by molar-refractivity contribution is 0.509. The maximum Gasteiger partial charge on any atom is 0.159 e. The summed E-state index contributed by atoms with van der Waals surface area (Å²) in [6, 6.07) is 3.79. The summed E-state index contributed by atoms with van der Waals surface area (Å²) in [7, 11) is 0. The van der Waals surface area contributed by atoms with E-state index in [9.17, 15) is 8.78 Å². The van der Waals surface area contributed by atoms with Gasteiger partial charge in [-0.2, -0.15) is 0 Å². The summed E-state index contributed by atoms with van der Waals surface area (Å²) in [5, 5.41) is 0. The van der Waals surface area contributed by atoms with Gasteiger partial charge in [0.05, 0.1) is 10.4 Å². The summed E-state index contributed by atoms with van der Waals surface area (Å²) in [4.78, 5) is 4.76. The highest BCUT2D eigenvalue weighted by molar-refractivity contribution is 9.10. The van der Waals surface area contributed by atoms with Gasteiger partial charge in [0, 0.05) is 0 Å². The Balaban J connectivity index is 2.53. The molecular weight excluding hydrogens is 272 g/mol. The standard InChI is InChI=1S/C9H4BrF2NS/c10-9-8(14-4-13-9)5-1-2-6(11)7(12)3-5/h1-4H. The highest BCUT2D eigenvalue weighted by atomic mass is 79.9. The molecule has 0 atom stereocenters. The molecular formula is C9H4BrF2NS. The summed E-state index contributed by atoms with van der Waals surface area (Å²) in [6.45, 7) is 0. The van der Waals surface area contributed by atoms with Crippen molar-refractivity contribution in [3.63, 3.8) is 0 Å². The van der Waals surface area contributed by atoms with E-state index in [4.69, 9.17) is 0 Å². The number of halogens is 3. The first-order chi connectivity index (χ1) is 6.68. The van der Waals surface area contributed by atoms with Gasteiger partial charge in [-0.15, -0.1) is 11.3 Å². The SMILES string of the molecule is Fc1ccc(-c2scnc2Br)cc1F. The monoisotopic (exact) mass is 275 g/mol. The molecule has 72 valence electrons. The average Bonchev–Trinajstić information content (AvgIpc) is 2.57. The maximum atomic E-state index is 12.9. The second kappa shape index (κ2) is 3.74. The third-order valence-corrected chi connectivity index (χ3v) is 3.45. The minimum absolute atomic E-state index is 0.623. The van der Waals surface area contributed by atoms with Crippen LogP contribution in [-0.4, -0.2) is 4.98 Å². The van der Waals surface area contributed by atoms with Crippen LogP contribution in [0.4, 0.5) is 8.78 Å². The van der Waals surface area contributed by atoms with Gasteiger partial charge in [-0.3, -0.25) is 0 Å². The molecule has 1 aromatic carbocycles. The average molecular weight is 276 g/mol. The molecule has 14 heavy (non-hydrogen) atoms. The van der Waals surface area contributed by atoms with Crippen molar-refractivity contribution in [2.45, 2.75) is 0 Å². The van der Waals surface area contributed by atoms with E-state index in [2.05, 4.69) is 20.9 Å². The van der Waals surface area contributed by atoms with E-state index in [-0.39, 0.29) is 0 Å². The summed E-state index contributed by atoms with van der Waals surface area (Å²) < 4.78 is 26.2. The van der Waals surface area contributed by atoms with Crippen molar-refractivity contribution in [2.24, 2.45) is 0 Å². The summed E-state index contributed by atoms with van der Waals surface area (Å²) in [6.07, 6.45) is 0. The van der Waals surface area contributed by atoms with Crippen LogP contribution in [0.2, 0.25) is 0 Å². The van der Waals surface area contributed by atoms with E-state index in [1.807, 2.05) is 0 Å². The zero-order chi connectivity index (χ0) is 10.1. The Morgan fingerprint density at radius 3 is 2.57 bits per heavy atom. The zero-order valence-electron chi connectivity index (χ0n) is 6.80. The largest absolute Gasteiger partial charge is 0.237 e. The molecule has 5 heteroatoms. The Hall–Kier alpha value is -0.810. The molecule has 1 nitrogen and oxygen atoms in total. The number of hydrogen-bond donors (Lipinski definition) is 0. The van der Waals surface area contributed by atoms with Gasteiger partial charge < -0.3 is 0 Å². The van der Waals surface area contributed by atoms with Gasteiger partial charge in [-0.05, 0) is 33.6 Å². The molecule has 2 rings (SSSR count). The molecule has 0 saturated heterocycles. The van der Waals surface area contributed by atoms with E-state index in [1.54, 1.807) is 5.51 Å². The van der Waals surface area contributed by atoms with E-state index < -0.39 is 11.6 Å². The number of nitrogens with zero attached hydrogens (tertiary/aromatic N) is 1. The van der Waals surface area contributed by atoms with Gasteiger partial charge >= 0.3 is 0 Å². The van der Waals surface area contributed by atoms with Crippen LogP contribution in [0, 0.1) is 11.6 Å². The Morgan fingerprint density at radius 1 is 1.21 bits per heavy atom. The second-order valence-corrected chi connectivity index (χ2v) is 4.21. The molecule has 0 unspecified atom stereocenters. The molecule has 0 aliphatic rings. The quantitative estimate of drug-likeness (QED) is 0.771. The predicted octanol–water partition coefficient (Wildman–Crippen LogP) is 3.85. The van der Waals surface area contributed by atoms with Crippen molar-refractivity contribution in [3.05, 3.63) is 39.9 Å². The van der Waals surface area contributed by atoms with Crippen LogP contribution < -0.4 is 0 Å². The molecule has 0 amide bonds. The molecule has 0 N–H and O–H groups in total. The van der Waals surface area contributed by atoms with Crippen molar-refractivity contribution in [2.75, 3.05) is 0 Å². The van der Waals surface area contributed by atoms with Crippen LogP contribution in [0.3, 0.4) is 0 Å². The highest BCUT2D eigenvalue weighted by Gasteiger charge is 2.08. The number of rotatable bonds is 1. The third kappa shape index (κ3) is 1.69. The molecule has 2 aromatic rings. The Bertz CT molecular complexity index is 470. The minimum atomic E-state index is -0.845. The molecule has 0 radical (unpaired) electrons. The fraction of sp³-hybridized carbons (Fsp3) is 0. The van der Waals surface area contributed by atoms with E-state index >= 15 is 0 Å². The summed E-state index contributed by atoms with van der Waals surface area (Å²) >= 11 is 4.60. The van der Waals surface area contributed by atoms with Gasteiger partial charge in [0.25, 0.3) is 0 Å². The number of benzene rings is 1. The maximum absolute atomic E-state index is 12.9. The lowest BCUT2D eigenvalue weighted by Gasteiger charge is -1.98. The van der Waals surface area contributed by atoms with Crippen molar-refractivity contribution in [3.8, 4) is 10.4 Å². The zero-order valence-corrected chi connectivity index (χ0v) is 9.20. The van der Waals surface area contributed by atoms with Crippen LogP contribution >= 0.6 is 27.3 Å². The first-order valence-corrected chi connectivity index (χ1v) is 5.40. The van der Waals surface area contributed by atoms with Gasteiger partial charge in [0.2, 0.25) is 0 Å². The van der Waals surface area contributed by atoms with Crippen molar-refractivity contribution in [1.82, 2.24) is 4.98 Å². The normalized spacial score (nSPS) is 10.5. The number of aromatic nitrogens is 1. The first kappa shape index (κ1) is 9.73. The van der Waals surface area contributed by atoms with Crippen LogP contribution in [0.15, 0.2) is 28.3 Å². The summed E-state index contributed by atoms with van der Waals surface area (Å²) in [5.74, 6) is -1.68. The molecule has 0 bridgehead atoms. The fourth-order valence-electron chi connectivity index (χ4n) is 1.06. The van der Waals surface area contributed by atoms with Gasteiger partial charge in [0.15, 0.2) is 11.6 Å². The molecule has 0 fully saturated rings. The molecule has 0 saturated carbocycles. The number of hydrogen-bond acceptors (Lipinski definition) is 2. The second-order valence-electron chi connectivity index (χ2n) is 2.60. The Morgan fingerprint density at radius 2 is 2.00 bits per heavy atom. The molecule has 0 aliphatic carbocycles. The first-order valence-electron chi connectivity index (χ1n) is 3.73. The van der Waals surface area contributed by atoms with Crippen LogP contribution in [-0.2, 0) is 0 Å². The van der Waals surface area contributed by atoms with Gasteiger partial charge in [0.1, 0.15) is 4.60 Å². The van der Waals surface area contributed by atoms with Crippen molar-refractivity contribution >= 4 is 27.3 Å². The van der Waals surface area contributed by atoms with Gasteiger partial charge in [-0.25, -0.2) is 13.8 Å². The lowest BCUT2D eigenvalue weighted by Crippen LogP contribution is -1.84. The van der Waals surface area contributed by atoms with Crippen LogP contribution in [0.1, 0.15) is 0 Å². The lowest BCUT2D eigenvalue weighted by atomic mass is 10.2. The van der Waals surface area contributed by atoms with Crippen LogP contribution in [0.5, 0.6) is 0 Å². The Kier molecular flexibility index (Phi) is 2.60. The topological polar surface area (TPSA) is 12.9 Å². The third-order valence-electron chi connectivity index (χ3n) is 1.71. The van der Waals surface area contributed by atoms with E-state index in [0.717, 1.165) is 17.0 Å². The van der Waals surface area contributed by atoms with Crippen molar-refractivity contribution in [1.29, 1.82) is 0 Å². The highest BCUT2D eigenvalue weighted by Crippen LogP contribution is 2.31. The molecule has 1 aromatic heterocycles. The fourth-order valence-corrected chi connectivity index (χ4v) is 2.48. The van der Waals surface area contributed by atoms with E-state index in [1.165, 1.54) is 17.4 Å². The van der Waals surface area contributed by atoms with Gasteiger partial charge in [-0.1, -0.05) is 6.07 Å². The molecule has 0 aliphatic heterocycles. The Labute approximate surface area is 91.5 Å².